The number of benzene rings is 3. The molecule has 2 N–H and O–H groups in total. The van der Waals surface area contributed by atoms with Crippen molar-refractivity contribution in [2.45, 2.75) is 46.1 Å². The molecule has 0 fully saturated rings. The standard InChI is InChI=1S/C31H32N2O5/c1-4-29(34)22-10-12-25(13-11-22)32-19-24-18-26(14-15-27(24)20(2)31(35)36)37-17-16-28-21(3)38-30(33-28)23-8-6-5-7-9-23/h5-15,18,20,32H,4,16-17,19H2,1-3H3,(H,35,36). The first-order valence-corrected chi connectivity index (χ1v) is 12.7. The van der Waals surface area contributed by atoms with Gasteiger partial charge in [-0.15, -0.1) is 0 Å². The number of oxazole rings is 1. The molecule has 1 heterocycles. The van der Waals surface area contributed by atoms with Gasteiger partial charge in [0.25, 0.3) is 0 Å². The van der Waals surface area contributed by atoms with E-state index in [0.29, 0.717) is 43.2 Å². The molecular weight excluding hydrogens is 480 g/mol. The van der Waals surface area contributed by atoms with E-state index in [-0.39, 0.29) is 5.78 Å². The first kappa shape index (κ1) is 26.7. The van der Waals surface area contributed by atoms with Crippen LogP contribution in [0.2, 0.25) is 0 Å². The number of aromatic nitrogens is 1. The van der Waals surface area contributed by atoms with Crippen LogP contribution in [0.1, 0.15) is 59.1 Å². The van der Waals surface area contributed by atoms with Crippen LogP contribution >= 0.6 is 0 Å². The van der Waals surface area contributed by atoms with Crippen LogP contribution in [0.5, 0.6) is 5.75 Å². The summed E-state index contributed by atoms with van der Waals surface area (Å²) < 4.78 is 11.9. The van der Waals surface area contributed by atoms with Crippen molar-refractivity contribution in [3.63, 3.8) is 0 Å². The van der Waals surface area contributed by atoms with Crippen molar-refractivity contribution in [1.82, 2.24) is 4.98 Å². The van der Waals surface area contributed by atoms with Crippen LogP contribution in [0.4, 0.5) is 5.69 Å². The molecule has 4 aromatic rings. The first-order valence-electron chi connectivity index (χ1n) is 12.7. The molecule has 0 aliphatic heterocycles. The summed E-state index contributed by atoms with van der Waals surface area (Å²) in [4.78, 5) is 28.2. The van der Waals surface area contributed by atoms with Crippen LogP contribution in [-0.2, 0) is 17.8 Å². The minimum Gasteiger partial charge on any atom is -0.493 e. The number of ketones is 1. The van der Waals surface area contributed by atoms with Crippen molar-refractivity contribution < 1.29 is 23.8 Å². The van der Waals surface area contributed by atoms with Gasteiger partial charge in [0.05, 0.1) is 18.2 Å². The summed E-state index contributed by atoms with van der Waals surface area (Å²) in [5, 5.41) is 12.9. The van der Waals surface area contributed by atoms with Gasteiger partial charge in [-0.1, -0.05) is 31.2 Å². The number of carboxylic acids is 1. The van der Waals surface area contributed by atoms with Gasteiger partial charge >= 0.3 is 5.97 Å². The second-order valence-electron chi connectivity index (χ2n) is 9.11. The lowest BCUT2D eigenvalue weighted by Crippen LogP contribution is -2.12. The van der Waals surface area contributed by atoms with E-state index in [9.17, 15) is 14.7 Å². The zero-order valence-electron chi connectivity index (χ0n) is 21.9. The Morgan fingerprint density at radius 1 is 1.05 bits per heavy atom. The minimum atomic E-state index is -0.891. The van der Waals surface area contributed by atoms with E-state index in [4.69, 9.17) is 9.15 Å². The monoisotopic (exact) mass is 512 g/mol. The molecule has 0 spiro atoms. The van der Waals surface area contributed by atoms with Crippen LogP contribution in [-0.4, -0.2) is 28.4 Å². The maximum atomic E-state index is 11.9. The van der Waals surface area contributed by atoms with Gasteiger partial charge in [-0.05, 0) is 73.5 Å². The smallest absolute Gasteiger partial charge is 0.310 e. The minimum absolute atomic E-state index is 0.0936. The Morgan fingerprint density at radius 2 is 1.79 bits per heavy atom. The molecule has 0 aliphatic rings. The van der Waals surface area contributed by atoms with Crippen LogP contribution in [0, 0.1) is 6.92 Å². The van der Waals surface area contributed by atoms with Gasteiger partial charge in [0, 0.05) is 36.2 Å². The number of nitrogens with one attached hydrogen (secondary N) is 1. The van der Waals surface area contributed by atoms with Crippen molar-refractivity contribution >= 4 is 17.4 Å². The lowest BCUT2D eigenvalue weighted by molar-refractivity contribution is -0.138. The van der Waals surface area contributed by atoms with Gasteiger partial charge in [0.1, 0.15) is 11.5 Å². The molecule has 38 heavy (non-hydrogen) atoms. The maximum absolute atomic E-state index is 11.9. The molecule has 3 aromatic carbocycles. The third-order valence-corrected chi connectivity index (χ3v) is 6.48. The van der Waals surface area contributed by atoms with Gasteiger partial charge in [-0.25, -0.2) is 4.98 Å². The first-order chi connectivity index (χ1) is 18.4. The van der Waals surface area contributed by atoms with Gasteiger partial charge in [-0.3, -0.25) is 9.59 Å². The van der Waals surface area contributed by atoms with Gasteiger partial charge in [-0.2, -0.15) is 0 Å². The summed E-state index contributed by atoms with van der Waals surface area (Å²) in [7, 11) is 0. The predicted octanol–water partition coefficient (Wildman–Crippen LogP) is 6.66. The molecule has 7 nitrogen and oxygen atoms in total. The molecule has 4 rings (SSSR count). The van der Waals surface area contributed by atoms with Crippen molar-refractivity contribution in [3.05, 3.63) is 101 Å². The summed E-state index contributed by atoms with van der Waals surface area (Å²) >= 11 is 0. The Bertz CT molecular complexity index is 1390. The largest absolute Gasteiger partial charge is 0.493 e. The second-order valence-corrected chi connectivity index (χ2v) is 9.11. The number of carbonyl (C=O) groups is 2. The molecule has 0 saturated carbocycles. The highest BCUT2D eigenvalue weighted by molar-refractivity contribution is 5.96. The fourth-order valence-electron chi connectivity index (χ4n) is 4.19. The van der Waals surface area contributed by atoms with E-state index >= 15 is 0 Å². The average molecular weight is 513 g/mol. The molecule has 7 heteroatoms. The van der Waals surface area contributed by atoms with Crippen molar-refractivity contribution in [2.24, 2.45) is 0 Å². The SMILES string of the molecule is CCC(=O)c1ccc(NCc2cc(OCCc3nc(-c4ccccc4)oc3C)ccc2C(C)C(=O)O)cc1. The quantitative estimate of drug-likeness (QED) is 0.205. The summed E-state index contributed by atoms with van der Waals surface area (Å²) in [6.45, 7) is 6.21. The number of hydrogen-bond donors (Lipinski definition) is 2. The number of nitrogens with zero attached hydrogens (tertiary/aromatic N) is 1. The van der Waals surface area contributed by atoms with E-state index in [1.807, 2.05) is 68.4 Å². The average Bonchev–Trinajstić information content (AvgIpc) is 3.32. The lowest BCUT2D eigenvalue weighted by atomic mass is 9.95. The molecule has 0 radical (unpaired) electrons. The second kappa shape index (κ2) is 12.2. The van der Waals surface area contributed by atoms with E-state index in [0.717, 1.165) is 33.8 Å². The number of ether oxygens (including phenoxy) is 1. The van der Waals surface area contributed by atoms with Gasteiger partial charge in [0.2, 0.25) is 5.89 Å². The third kappa shape index (κ3) is 6.48. The molecule has 196 valence electrons. The molecule has 1 unspecified atom stereocenters. The lowest BCUT2D eigenvalue weighted by Gasteiger charge is -2.17. The highest BCUT2D eigenvalue weighted by Crippen LogP contribution is 2.27. The zero-order chi connectivity index (χ0) is 27.1. The van der Waals surface area contributed by atoms with Crippen LogP contribution in [0.3, 0.4) is 0 Å². The number of hydrogen-bond acceptors (Lipinski definition) is 6. The van der Waals surface area contributed by atoms with E-state index in [1.54, 1.807) is 25.1 Å². The number of rotatable bonds is 12. The number of carboxylic acid groups (broad SMARTS) is 1. The number of Topliss-reactive ketones (excluding diaryl/α,β-unsaturated/α-hetero) is 1. The number of aliphatic carboxylic acids is 1. The Kier molecular flexibility index (Phi) is 8.58. The summed E-state index contributed by atoms with van der Waals surface area (Å²) in [6, 6.07) is 22.5. The Morgan fingerprint density at radius 3 is 2.47 bits per heavy atom. The molecule has 0 aliphatic carbocycles. The Hall–Kier alpha value is -4.39. The van der Waals surface area contributed by atoms with Crippen LogP contribution < -0.4 is 10.1 Å². The molecule has 0 bridgehead atoms. The molecule has 0 amide bonds. The number of carbonyl (C=O) groups excluding carboxylic acids is 1. The highest BCUT2D eigenvalue weighted by Gasteiger charge is 2.18. The van der Waals surface area contributed by atoms with Crippen molar-refractivity contribution in [2.75, 3.05) is 11.9 Å². The zero-order valence-corrected chi connectivity index (χ0v) is 21.9. The molecule has 1 aromatic heterocycles. The van der Waals surface area contributed by atoms with E-state index in [2.05, 4.69) is 10.3 Å². The topological polar surface area (TPSA) is 102 Å². The molecule has 1 atom stereocenters. The number of anilines is 1. The summed E-state index contributed by atoms with van der Waals surface area (Å²) in [5.41, 5.74) is 4.83. The van der Waals surface area contributed by atoms with Gasteiger partial charge < -0.3 is 19.6 Å². The van der Waals surface area contributed by atoms with Crippen LogP contribution in [0.25, 0.3) is 11.5 Å². The van der Waals surface area contributed by atoms with Crippen LogP contribution in [0.15, 0.2) is 77.2 Å². The number of aryl methyl sites for hydroxylation is 1. The fourth-order valence-corrected chi connectivity index (χ4v) is 4.19. The molecular formula is C31H32N2O5. The predicted molar refractivity (Wildman–Crippen MR) is 147 cm³/mol. The van der Waals surface area contributed by atoms with E-state index in [1.165, 1.54) is 0 Å². The van der Waals surface area contributed by atoms with E-state index < -0.39 is 11.9 Å². The highest BCUT2D eigenvalue weighted by atomic mass is 16.5. The maximum Gasteiger partial charge on any atom is 0.310 e. The van der Waals surface area contributed by atoms with Crippen molar-refractivity contribution in [3.8, 4) is 17.2 Å². The van der Waals surface area contributed by atoms with Gasteiger partial charge in [0.15, 0.2) is 5.78 Å². The molecule has 0 saturated heterocycles. The Balaban J connectivity index is 1.44. The normalized spacial score (nSPS) is 11.7. The fraction of sp³-hybridized carbons (Fsp3) is 0.258. The third-order valence-electron chi connectivity index (χ3n) is 6.48. The van der Waals surface area contributed by atoms with Crippen molar-refractivity contribution in [1.29, 1.82) is 0 Å². The summed E-state index contributed by atoms with van der Waals surface area (Å²) in [5.74, 6) is 0.533. The summed E-state index contributed by atoms with van der Waals surface area (Å²) in [6.07, 6.45) is 1.03. The Labute approximate surface area is 222 Å².